The molecule has 6 heteroatoms. The Hall–Kier alpha value is -1.30. The molecule has 0 aromatic rings. The van der Waals surface area contributed by atoms with Crippen LogP contribution in [0.1, 0.15) is 27.7 Å². The van der Waals surface area contributed by atoms with E-state index in [1.807, 2.05) is 6.92 Å². The van der Waals surface area contributed by atoms with Crippen molar-refractivity contribution >= 4 is 12.1 Å². The van der Waals surface area contributed by atoms with Gasteiger partial charge in [-0.15, -0.1) is 0 Å². The minimum absolute atomic E-state index is 0.124. The van der Waals surface area contributed by atoms with Crippen LogP contribution in [0.5, 0.6) is 0 Å². The molecule has 1 saturated heterocycles. The minimum atomic E-state index is -0.737. The van der Waals surface area contributed by atoms with Gasteiger partial charge in [0.1, 0.15) is 5.60 Å². The van der Waals surface area contributed by atoms with Crippen LogP contribution in [0.15, 0.2) is 0 Å². The first-order valence-electron chi connectivity index (χ1n) is 5.93. The number of ether oxygens (including phenoxy) is 3. The molecular weight excluding hydrogens is 238 g/mol. The summed E-state index contributed by atoms with van der Waals surface area (Å²) in [6, 6.07) is -0.124. The van der Waals surface area contributed by atoms with E-state index < -0.39 is 23.8 Å². The van der Waals surface area contributed by atoms with Gasteiger partial charge < -0.3 is 14.2 Å². The van der Waals surface area contributed by atoms with Crippen molar-refractivity contribution in [1.29, 1.82) is 0 Å². The molecule has 1 heterocycles. The Bertz CT molecular complexity index is 323. The first kappa shape index (κ1) is 14.8. The van der Waals surface area contributed by atoms with Crippen LogP contribution in [0.25, 0.3) is 0 Å². The lowest BCUT2D eigenvalue weighted by Crippen LogP contribution is -2.54. The van der Waals surface area contributed by atoms with Gasteiger partial charge in [-0.25, -0.2) is 9.59 Å². The second kappa shape index (κ2) is 5.56. The van der Waals surface area contributed by atoms with Crippen molar-refractivity contribution in [2.75, 3.05) is 20.3 Å². The van der Waals surface area contributed by atoms with E-state index in [2.05, 4.69) is 4.74 Å². The highest BCUT2D eigenvalue weighted by molar-refractivity contribution is 5.76. The quantitative estimate of drug-likeness (QED) is 0.662. The number of carbonyl (C=O) groups excluding carboxylic acids is 2. The minimum Gasteiger partial charge on any atom is -0.467 e. The Kier molecular flexibility index (Phi) is 4.56. The van der Waals surface area contributed by atoms with Crippen LogP contribution in [0.4, 0.5) is 4.79 Å². The van der Waals surface area contributed by atoms with Gasteiger partial charge >= 0.3 is 12.1 Å². The van der Waals surface area contributed by atoms with E-state index in [-0.39, 0.29) is 12.6 Å². The number of nitrogens with zero attached hydrogens (tertiary/aromatic N) is 1. The maximum atomic E-state index is 12.0. The zero-order valence-corrected chi connectivity index (χ0v) is 11.6. The lowest BCUT2D eigenvalue weighted by Gasteiger charge is -2.37. The summed E-state index contributed by atoms with van der Waals surface area (Å²) >= 11 is 0. The largest absolute Gasteiger partial charge is 0.467 e. The Balaban J connectivity index is 2.67. The van der Waals surface area contributed by atoms with Gasteiger partial charge in [0, 0.05) is 0 Å². The second-order valence-electron chi connectivity index (χ2n) is 5.33. The smallest absolute Gasteiger partial charge is 0.410 e. The van der Waals surface area contributed by atoms with Gasteiger partial charge in [0.15, 0.2) is 6.10 Å². The molecule has 1 aliphatic rings. The number of methoxy groups -OCH3 is 1. The lowest BCUT2D eigenvalue weighted by molar-refractivity contribution is -0.161. The zero-order chi connectivity index (χ0) is 13.9. The topological polar surface area (TPSA) is 65.1 Å². The molecule has 1 rings (SSSR count). The summed E-state index contributed by atoms with van der Waals surface area (Å²) in [6.45, 7) is 7.69. The molecule has 18 heavy (non-hydrogen) atoms. The highest BCUT2D eigenvalue weighted by Crippen LogP contribution is 2.17. The molecule has 0 saturated carbocycles. The Morgan fingerprint density at radius 1 is 1.33 bits per heavy atom. The van der Waals surface area contributed by atoms with E-state index in [9.17, 15) is 9.59 Å². The van der Waals surface area contributed by atoms with Crippen molar-refractivity contribution in [3.63, 3.8) is 0 Å². The van der Waals surface area contributed by atoms with Crippen LogP contribution in [0.2, 0.25) is 0 Å². The monoisotopic (exact) mass is 259 g/mol. The number of amides is 1. The molecule has 6 nitrogen and oxygen atoms in total. The molecule has 0 aliphatic carbocycles. The fourth-order valence-corrected chi connectivity index (χ4v) is 1.61. The first-order chi connectivity index (χ1) is 8.24. The Morgan fingerprint density at radius 2 is 1.94 bits per heavy atom. The number of hydrogen-bond donors (Lipinski definition) is 0. The highest BCUT2D eigenvalue weighted by Gasteiger charge is 2.36. The van der Waals surface area contributed by atoms with Gasteiger partial charge in [-0.05, 0) is 27.7 Å². The predicted octanol–water partition coefficient (Wildman–Crippen LogP) is 1.18. The summed E-state index contributed by atoms with van der Waals surface area (Å²) in [6.07, 6.45) is -1.18. The number of rotatable bonds is 1. The van der Waals surface area contributed by atoms with Gasteiger partial charge in [0.2, 0.25) is 0 Å². The molecule has 104 valence electrons. The third-order valence-corrected chi connectivity index (χ3v) is 2.53. The normalized spacial score (nSPS) is 24.6. The van der Waals surface area contributed by atoms with E-state index in [0.717, 1.165) is 0 Å². The van der Waals surface area contributed by atoms with Crippen molar-refractivity contribution < 1.29 is 23.8 Å². The van der Waals surface area contributed by atoms with E-state index in [4.69, 9.17) is 9.47 Å². The summed E-state index contributed by atoms with van der Waals surface area (Å²) in [5.41, 5.74) is -0.560. The molecule has 0 radical (unpaired) electrons. The van der Waals surface area contributed by atoms with Crippen LogP contribution < -0.4 is 0 Å². The standard InChI is InChI=1S/C12H21NO5/c1-8-7-17-9(10(14)16-5)6-13(8)11(15)18-12(2,3)4/h8-9H,6-7H2,1-5H3/t8-,9+/m1/s1. The van der Waals surface area contributed by atoms with Crippen LogP contribution in [0.3, 0.4) is 0 Å². The number of morpholine rings is 1. The Morgan fingerprint density at radius 3 is 2.44 bits per heavy atom. The maximum Gasteiger partial charge on any atom is 0.410 e. The fraction of sp³-hybridized carbons (Fsp3) is 0.833. The van der Waals surface area contributed by atoms with E-state index in [1.54, 1.807) is 20.8 Å². The van der Waals surface area contributed by atoms with E-state index >= 15 is 0 Å². The molecule has 1 fully saturated rings. The first-order valence-corrected chi connectivity index (χ1v) is 5.93. The van der Waals surface area contributed by atoms with Crippen LogP contribution >= 0.6 is 0 Å². The lowest BCUT2D eigenvalue weighted by atomic mass is 10.2. The Labute approximate surface area is 107 Å². The second-order valence-corrected chi connectivity index (χ2v) is 5.33. The van der Waals surface area contributed by atoms with Crippen molar-refractivity contribution in [1.82, 2.24) is 4.90 Å². The molecule has 0 unspecified atom stereocenters. The molecule has 0 bridgehead atoms. The average Bonchev–Trinajstić information content (AvgIpc) is 2.26. The van der Waals surface area contributed by atoms with Gasteiger partial charge in [0.25, 0.3) is 0 Å². The molecule has 2 atom stereocenters. The summed E-state index contributed by atoms with van der Waals surface area (Å²) in [5.74, 6) is -0.476. The third kappa shape index (κ3) is 3.87. The van der Waals surface area contributed by atoms with E-state index in [0.29, 0.717) is 6.61 Å². The van der Waals surface area contributed by atoms with Gasteiger partial charge in [-0.3, -0.25) is 4.90 Å². The predicted molar refractivity (Wildman–Crippen MR) is 64.2 cm³/mol. The van der Waals surface area contributed by atoms with Crippen LogP contribution in [-0.4, -0.2) is 55.0 Å². The van der Waals surface area contributed by atoms with Gasteiger partial charge in [-0.1, -0.05) is 0 Å². The van der Waals surface area contributed by atoms with Crippen molar-refractivity contribution in [3.05, 3.63) is 0 Å². The summed E-state index contributed by atoms with van der Waals surface area (Å²) in [4.78, 5) is 24.9. The molecule has 0 aromatic heterocycles. The van der Waals surface area contributed by atoms with Crippen LogP contribution in [-0.2, 0) is 19.0 Å². The summed E-state index contributed by atoms with van der Waals surface area (Å²) in [5, 5.41) is 0. The van der Waals surface area contributed by atoms with Crippen molar-refractivity contribution in [3.8, 4) is 0 Å². The number of hydrogen-bond acceptors (Lipinski definition) is 5. The van der Waals surface area contributed by atoms with Crippen molar-refractivity contribution in [2.45, 2.75) is 45.4 Å². The average molecular weight is 259 g/mol. The molecular formula is C12H21NO5. The molecule has 0 spiro atoms. The molecule has 1 amide bonds. The SMILES string of the molecule is COC(=O)[C@@H]1CN(C(=O)OC(C)(C)C)[C@H](C)CO1. The van der Waals surface area contributed by atoms with Crippen LogP contribution in [0, 0.1) is 0 Å². The van der Waals surface area contributed by atoms with E-state index in [1.165, 1.54) is 12.0 Å². The molecule has 0 N–H and O–H groups in total. The molecule has 1 aliphatic heterocycles. The van der Waals surface area contributed by atoms with Crippen molar-refractivity contribution in [2.24, 2.45) is 0 Å². The van der Waals surface area contributed by atoms with Gasteiger partial charge in [-0.2, -0.15) is 0 Å². The number of carbonyl (C=O) groups is 2. The van der Waals surface area contributed by atoms with Gasteiger partial charge in [0.05, 0.1) is 26.3 Å². The maximum absolute atomic E-state index is 12.0. The zero-order valence-electron chi connectivity index (χ0n) is 11.6. The molecule has 0 aromatic carbocycles. The third-order valence-electron chi connectivity index (χ3n) is 2.53. The fourth-order valence-electron chi connectivity index (χ4n) is 1.61. The number of esters is 1. The summed E-state index contributed by atoms with van der Waals surface area (Å²) < 4.78 is 15.2. The summed E-state index contributed by atoms with van der Waals surface area (Å²) in [7, 11) is 1.29. The highest BCUT2D eigenvalue weighted by atomic mass is 16.6.